The zero-order valence-corrected chi connectivity index (χ0v) is 13.7. The van der Waals surface area contributed by atoms with Gasteiger partial charge in [-0.15, -0.1) is 0 Å². The number of amides is 2. The highest BCUT2D eigenvalue weighted by Crippen LogP contribution is 2.25. The Hall–Kier alpha value is -0.820. The van der Waals surface area contributed by atoms with E-state index in [4.69, 9.17) is 11.6 Å². The largest absolute Gasteiger partial charge is 0.336 e. The maximum atomic E-state index is 12.6. The second-order valence-corrected chi connectivity index (χ2v) is 6.75. The Morgan fingerprint density at radius 2 is 2.15 bits per heavy atom. The van der Waals surface area contributed by atoms with Crippen LogP contribution in [0.1, 0.15) is 23.2 Å². The van der Waals surface area contributed by atoms with Gasteiger partial charge in [-0.1, -0.05) is 11.6 Å². The maximum absolute atomic E-state index is 12.6. The minimum Gasteiger partial charge on any atom is -0.336 e. The molecule has 0 N–H and O–H groups in total. The molecule has 0 bridgehead atoms. The Kier molecular flexibility index (Phi) is 3.90. The molecule has 1 unspecified atom stereocenters. The molecule has 0 saturated carbocycles. The van der Waals surface area contributed by atoms with Crippen LogP contribution in [0, 0.1) is 3.57 Å². The fraction of sp³-hybridized carbons (Fsp3) is 0.429. The number of carbonyl (C=O) groups is 2. The molecule has 2 aliphatic rings. The van der Waals surface area contributed by atoms with E-state index in [1.165, 1.54) is 0 Å². The van der Waals surface area contributed by atoms with Crippen molar-refractivity contribution >= 4 is 46.0 Å². The van der Waals surface area contributed by atoms with E-state index in [0.717, 1.165) is 9.99 Å². The van der Waals surface area contributed by atoms with Gasteiger partial charge < -0.3 is 9.80 Å². The highest BCUT2D eigenvalue weighted by molar-refractivity contribution is 14.1. The predicted octanol–water partition coefficient (Wildman–Crippen LogP) is 2.39. The van der Waals surface area contributed by atoms with Gasteiger partial charge in [0.05, 0.1) is 5.56 Å². The summed E-state index contributed by atoms with van der Waals surface area (Å²) < 4.78 is 0.905. The molecule has 1 atom stereocenters. The summed E-state index contributed by atoms with van der Waals surface area (Å²) >= 11 is 8.13. The van der Waals surface area contributed by atoms with Gasteiger partial charge in [0, 0.05) is 40.7 Å². The van der Waals surface area contributed by atoms with Crippen LogP contribution in [0.5, 0.6) is 0 Å². The summed E-state index contributed by atoms with van der Waals surface area (Å²) in [5.74, 6) is 0.232. The van der Waals surface area contributed by atoms with Crippen molar-refractivity contribution in [3.63, 3.8) is 0 Å². The zero-order chi connectivity index (χ0) is 14.3. The van der Waals surface area contributed by atoms with Gasteiger partial charge in [-0.05, 0) is 47.2 Å². The van der Waals surface area contributed by atoms with E-state index in [0.29, 0.717) is 36.6 Å². The van der Waals surface area contributed by atoms with Crippen LogP contribution in [0.4, 0.5) is 0 Å². The standard InChI is InChI=1S/C14H14ClIN2O2/c15-9-1-3-12(16)11(7-9)14(20)17-5-6-18-10(8-17)2-4-13(18)19/h1,3,7,10H,2,4-6,8H2. The molecule has 2 heterocycles. The van der Waals surface area contributed by atoms with Crippen molar-refractivity contribution in [2.24, 2.45) is 0 Å². The first kappa shape index (κ1) is 14.1. The molecule has 1 aromatic carbocycles. The van der Waals surface area contributed by atoms with E-state index in [2.05, 4.69) is 22.6 Å². The zero-order valence-electron chi connectivity index (χ0n) is 10.8. The average Bonchev–Trinajstić information content (AvgIpc) is 2.82. The van der Waals surface area contributed by atoms with E-state index < -0.39 is 0 Å². The first-order valence-electron chi connectivity index (χ1n) is 6.60. The molecule has 4 nitrogen and oxygen atoms in total. The van der Waals surface area contributed by atoms with E-state index >= 15 is 0 Å². The molecule has 6 heteroatoms. The van der Waals surface area contributed by atoms with Gasteiger partial charge in [0.15, 0.2) is 0 Å². The van der Waals surface area contributed by atoms with E-state index in [9.17, 15) is 9.59 Å². The van der Waals surface area contributed by atoms with Crippen LogP contribution in [0.15, 0.2) is 18.2 Å². The number of halogens is 2. The monoisotopic (exact) mass is 404 g/mol. The third-order valence-electron chi connectivity index (χ3n) is 3.94. The molecular weight excluding hydrogens is 391 g/mol. The summed E-state index contributed by atoms with van der Waals surface area (Å²) in [5, 5.41) is 0.573. The number of benzene rings is 1. The normalized spacial score (nSPS) is 22.1. The number of hydrogen-bond acceptors (Lipinski definition) is 2. The Morgan fingerprint density at radius 3 is 2.95 bits per heavy atom. The maximum Gasteiger partial charge on any atom is 0.255 e. The lowest BCUT2D eigenvalue weighted by Crippen LogP contribution is -2.53. The summed E-state index contributed by atoms with van der Waals surface area (Å²) in [6.07, 6.45) is 1.47. The first-order valence-corrected chi connectivity index (χ1v) is 8.06. The number of nitrogens with zero attached hydrogens (tertiary/aromatic N) is 2. The van der Waals surface area contributed by atoms with E-state index in [1.807, 2.05) is 15.9 Å². The molecular formula is C14H14ClIN2O2. The highest BCUT2D eigenvalue weighted by atomic mass is 127. The van der Waals surface area contributed by atoms with Crippen molar-refractivity contribution in [1.82, 2.24) is 9.80 Å². The first-order chi connectivity index (χ1) is 9.56. The lowest BCUT2D eigenvalue weighted by molar-refractivity contribution is -0.130. The molecule has 1 aromatic rings. The van der Waals surface area contributed by atoms with Crippen LogP contribution in [0.2, 0.25) is 5.02 Å². The molecule has 2 amide bonds. The fourth-order valence-electron chi connectivity index (χ4n) is 2.88. The van der Waals surface area contributed by atoms with Gasteiger partial charge in [-0.2, -0.15) is 0 Å². The Morgan fingerprint density at radius 1 is 1.35 bits per heavy atom. The molecule has 3 rings (SSSR count). The van der Waals surface area contributed by atoms with Gasteiger partial charge in [0.2, 0.25) is 5.91 Å². The van der Waals surface area contributed by atoms with Gasteiger partial charge in [-0.3, -0.25) is 9.59 Å². The summed E-state index contributed by atoms with van der Waals surface area (Å²) in [5.41, 5.74) is 0.649. The molecule has 0 spiro atoms. The Balaban J connectivity index is 1.78. The van der Waals surface area contributed by atoms with Crippen molar-refractivity contribution in [3.05, 3.63) is 32.4 Å². The molecule has 106 valence electrons. The summed E-state index contributed by atoms with van der Waals surface area (Å²) in [6, 6.07) is 5.55. The van der Waals surface area contributed by atoms with Crippen molar-refractivity contribution in [1.29, 1.82) is 0 Å². The summed E-state index contributed by atoms with van der Waals surface area (Å²) in [4.78, 5) is 28.0. The average molecular weight is 405 g/mol. The minimum absolute atomic E-state index is 0.0101. The summed E-state index contributed by atoms with van der Waals surface area (Å²) in [7, 11) is 0. The third kappa shape index (κ3) is 2.53. The quantitative estimate of drug-likeness (QED) is 0.675. The molecule has 2 saturated heterocycles. The van der Waals surface area contributed by atoms with E-state index in [1.54, 1.807) is 12.1 Å². The molecule has 2 fully saturated rings. The van der Waals surface area contributed by atoms with E-state index in [-0.39, 0.29) is 17.9 Å². The van der Waals surface area contributed by atoms with Gasteiger partial charge in [0.1, 0.15) is 0 Å². The summed E-state index contributed by atoms with van der Waals surface area (Å²) in [6.45, 7) is 1.88. The Bertz CT molecular complexity index is 578. The van der Waals surface area contributed by atoms with Crippen molar-refractivity contribution in [2.45, 2.75) is 18.9 Å². The van der Waals surface area contributed by atoms with Gasteiger partial charge in [-0.25, -0.2) is 0 Å². The molecule has 20 heavy (non-hydrogen) atoms. The van der Waals surface area contributed by atoms with Gasteiger partial charge >= 0.3 is 0 Å². The second kappa shape index (κ2) is 5.52. The minimum atomic E-state index is 0.0101. The van der Waals surface area contributed by atoms with Crippen molar-refractivity contribution in [2.75, 3.05) is 19.6 Å². The molecule has 2 aliphatic heterocycles. The van der Waals surface area contributed by atoms with Crippen LogP contribution < -0.4 is 0 Å². The third-order valence-corrected chi connectivity index (χ3v) is 5.12. The number of fused-ring (bicyclic) bond motifs is 1. The van der Waals surface area contributed by atoms with Crippen LogP contribution >= 0.6 is 34.2 Å². The van der Waals surface area contributed by atoms with Crippen LogP contribution in [0.3, 0.4) is 0 Å². The number of hydrogen-bond donors (Lipinski definition) is 0. The van der Waals surface area contributed by atoms with Crippen LogP contribution in [-0.2, 0) is 4.79 Å². The lowest BCUT2D eigenvalue weighted by atomic mass is 10.1. The number of piperazine rings is 1. The fourth-order valence-corrected chi connectivity index (χ4v) is 3.62. The lowest BCUT2D eigenvalue weighted by Gasteiger charge is -2.37. The molecule has 0 radical (unpaired) electrons. The number of rotatable bonds is 1. The van der Waals surface area contributed by atoms with Crippen molar-refractivity contribution in [3.8, 4) is 0 Å². The molecule has 0 aromatic heterocycles. The predicted molar refractivity (Wildman–Crippen MR) is 84.8 cm³/mol. The highest BCUT2D eigenvalue weighted by Gasteiger charge is 2.37. The van der Waals surface area contributed by atoms with Crippen LogP contribution in [-0.4, -0.2) is 47.3 Å². The smallest absolute Gasteiger partial charge is 0.255 e. The second-order valence-electron chi connectivity index (χ2n) is 5.15. The topological polar surface area (TPSA) is 40.6 Å². The molecule has 0 aliphatic carbocycles. The van der Waals surface area contributed by atoms with Gasteiger partial charge in [0.25, 0.3) is 5.91 Å². The van der Waals surface area contributed by atoms with Crippen LogP contribution in [0.25, 0.3) is 0 Å². The Labute approximate surface area is 136 Å². The SMILES string of the molecule is O=C(c1cc(Cl)ccc1I)N1CCN2C(=O)CCC2C1. The number of carbonyl (C=O) groups excluding carboxylic acids is 2. The van der Waals surface area contributed by atoms with Crippen molar-refractivity contribution < 1.29 is 9.59 Å².